The molecule has 0 radical (unpaired) electrons. The van der Waals surface area contributed by atoms with E-state index < -0.39 is 6.10 Å². The summed E-state index contributed by atoms with van der Waals surface area (Å²) in [5.41, 5.74) is 0.883. The van der Waals surface area contributed by atoms with Crippen molar-refractivity contribution in [3.05, 3.63) is 27.7 Å². The smallest absolute Gasteiger partial charge is 0.142 e. The average molecular weight is 278 g/mol. The molecule has 0 saturated heterocycles. The number of aliphatic hydroxyl groups is 1. The van der Waals surface area contributed by atoms with E-state index in [-0.39, 0.29) is 6.61 Å². The standard InChI is InChI=1S/C12H17Cl2NO2/c1-3-10(16)7-17-12-8(6-15-2)4-9(13)5-11(12)14/h4-5,10,15-16H,3,6-7H2,1-2H3. The Bertz CT molecular complexity index is 372. The summed E-state index contributed by atoms with van der Waals surface area (Å²) in [6.45, 7) is 2.73. The molecule has 0 aromatic heterocycles. The molecular formula is C12H17Cl2NO2. The SMILES string of the molecule is CCC(O)COc1c(Cl)cc(Cl)cc1CNC. The highest BCUT2D eigenvalue weighted by Crippen LogP contribution is 2.32. The molecule has 0 spiro atoms. The van der Waals surface area contributed by atoms with Crippen LogP contribution in [0.25, 0.3) is 0 Å². The van der Waals surface area contributed by atoms with Crippen molar-refractivity contribution in [2.45, 2.75) is 26.0 Å². The van der Waals surface area contributed by atoms with E-state index in [1.165, 1.54) is 0 Å². The van der Waals surface area contributed by atoms with Crippen molar-refractivity contribution in [3.63, 3.8) is 0 Å². The molecule has 96 valence electrons. The highest BCUT2D eigenvalue weighted by molar-refractivity contribution is 6.35. The van der Waals surface area contributed by atoms with Gasteiger partial charge in [-0.15, -0.1) is 0 Å². The van der Waals surface area contributed by atoms with Crippen LogP contribution in [0, 0.1) is 0 Å². The number of rotatable bonds is 6. The van der Waals surface area contributed by atoms with Crippen LogP contribution in [0.15, 0.2) is 12.1 Å². The van der Waals surface area contributed by atoms with Gasteiger partial charge in [-0.2, -0.15) is 0 Å². The molecule has 0 aliphatic heterocycles. The van der Waals surface area contributed by atoms with E-state index in [0.29, 0.717) is 28.8 Å². The number of benzene rings is 1. The summed E-state index contributed by atoms with van der Waals surface area (Å²) >= 11 is 12.0. The van der Waals surface area contributed by atoms with E-state index in [1.807, 2.05) is 14.0 Å². The van der Waals surface area contributed by atoms with Crippen molar-refractivity contribution in [2.24, 2.45) is 0 Å². The molecule has 1 atom stereocenters. The normalized spacial score (nSPS) is 12.5. The van der Waals surface area contributed by atoms with Crippen LogP contribution in [0.1, 0.15) is 18.9 Å². The Kier molecular flexibility index (Phi) is 6.06. The van der Waals surface area contributed by atoms with Crippen molar-refractivity contribution in [2.75, 3.05) is 13.7 Å². The summed E-state index contributed by atoms with van der Waals surface area (Å²) in [4.78, 5) is 0. The van der Waals surface area contributed by atoms with Gasteiger partial charge in [0.1, 0.15) is 12.4 Å². The minimum absolute atomic E-state index is 0.231. The van der Waals surface area contributed by atoms with Gasteiger partial charge in [-0.1, -0.05) is 30.1 Å². The minimum Gasteiger partial charge on any atom is -0.489 e. The van der Waals surface area contributed by atoms with E-state index in [2.05, 4.69) is 5.32 Å². The molecule has 0 amide bonds. The maximum absolute atomic E-state index is 9.48. The summed E-state index contributed by atoms with van der Waals surface area (Å²) in [5.74, 6) is 0.581. The molecule has 1 aromatic rings. The Morgan fingerprint density at radius 2 is 2.12 bits per heavy atom. The fourth-order valence-corrected chi connectivity index (χ4v) is 1.98. The van der Waals surface area contributed by atoms with Crippen LogP contribution in [0.4, 0.5) is 0 Å². The molecule has 2 N–H and O–H groups in total. The van der Waals surface area contributed by atoms with E-state index in [4.69, 9.17) is 27.9 Å². The first-order valence-electron chi connectivity index (χ1n) is 5.51. The maximum Gasteiger partial charge on any atom is 0.142 e. The van der Waals surface area contributed by atoms with Gasteiger partial charge in [0.05, 0.1) is 11.1 Å². The summed E-state index contributed by atoms with van der Waals surface area (Å²) in [7, 11) is 1.83. The Morgan fingerprint density at radius 3 is 2.71 bits per heavy atom. The second-order valence-electron chi connectivity index (χ2n) is 3.78. The predicted octanol–water partition coefficient (Wildman–Crippen LogP) is 2.86. The molecule has 1 aromatic carbocycles. The van der Waals surface area contributed by atoms with Gasteiger partial charge < -0.3 is 15.2 Å². The Hall–Kier alpha value is -0.480. The van der Waals surface area contributed by atoms with E-state index in [1.54, 1.807) is 12.1 Å². The lowest BCUT2D eigenvalue weighted by Crippen LogP contribution is -2.17. The molecule has 0 aliphatic rings. The fourth-order valence-electron chi connectivity index (χ4n) is 1.39. The summed E-state index contributed by atoms with van der Waals surface area (Å²) in [6.07, 6.45) is 0.163. The van der Waals surface area contributed by atoms with Gasteiger partial charge in [-0.3, -0.25) is 0 Å². The molecule has 17 heavy (non-hydrogen) atoms. The lowest BCUT2D eigenvalue weighted by atomic mass is 10.2. The van der Waals surface area contributed by atoms with Crippen LogP contribution >= 0.6 is 23.2 Å². The topological polar surface area (TPSA) is 41.5 Å². The first kappa shape index (κ1) is 14.6. The number of nitrogens with one attached hydrogen (secondary N) is 1. The van der Waals surface area contributed by atoms with Gasteiger partial charge in [0.25, 0.3) is 0 Å². The van der Waals surface area contributed by atoms with Crippen LogP contribution in [0.5, 0.6) is 5.75 Å². The summed E-state index contributed by atoms with van der Waals surface area (Å²) in [6, 6.07) is 3.44. The zero-order chi connectivity index (χ0) is 12.8. The minimum atomic E-state index is -0.482. The first-order valence-corrected chi connectivity index (χ1v) is 6.27. The van der Waals surface area contributed by atoms with Crippen LogP contribution < -0.4 is 10.1 Å². The molecule has 3 nitrogen and oxygen atoms in total. The van der Waals surface area contributed by atoms with Crippen molar-refractivity contribution >= 4 is 23.2 Å². The molecule has 5 heteroatoms. The zero-order valence-corrected chi connectivity index (χ0v) is 11.5. The third-order valence-electron chi connectivity index (χ3n) is 2.34. The van der Waals surface area contributed by atoms with Crippen LogP contribution in [-0.4, -0.2) is 24.9 Å². The number of aliphatic hydroxyl groups excluding tert-OH is 1. The molecule has 0 saturated carbocycles. The van der Waals surface area contributed by atoms with Gasteiger partial charge in [0, 0.05) is 17.1 Å². The molecule has 0 bridgehead atoms. The predicted molar refractivity (Wildman–Crippen MR) is 71.0 cm³/mol. The van der Waals surface area contributed by atoms with Gasteiger partial charge in [-0.05, 0) is 25.6 Å². The second kappa shape index (κ2) is 7.07. The van der Waals surface area contributed by atoms with Crippen LogP contribution in [0.3, 0.4) is 0 Å². The zero-order valence-electron chi connectivity index (χ0n) is 9.96. The molecule has 1 unspecified atom stereocenters. The molecule has 0 aliphatic carbocycles. The van der Waals surface area contributed by atoms with Gasteiger partial charge >= 0.3 is 0 Å². The average Bonchev–Trinajstić information content (AvgIpc) is 2.27. The Labute approximate surface area is 112 Å². The van der Waals surface area contributed by atoms with Crippen molar-refractivity contribution in [1.29, 1.82) is 0 Å². The second-order valence-corrected chi connectivity index (χ2v) is 4.62. The molecule has 1 rings (SSSR count). The molecule has 0 fully saturated rings. The number of hydrogen-bond acceptors (Lipinski definition) is 3. The van der Waals surface area contributed by atoms with E-state index in [9.17, 15) is 5.11 Å². The maximum atomic E-state index is 9.48. The van der Waals surface area contributed by atoms with E-state index in [0.717, 1.165) is 5.56 Å². The van der Waals surface area contributed by atoms with Crippen LogP contribution in [0.2, 0.25) is 10.0 Å². The van der Waals surface area contributed by atoms with Crippen LogP contribution in [-0.2, 0) is 6.54 Å². The third-order valence-corrected chi connectivity index (χ3v) is 2.84. The monoisotopic (exact) mass is 277 g/mol. The largest absolute Gasteiger partial charge is 0.489 e. The quantitative estimate of drug-likeness (QED) is 0.840. The summed E-state index contributed by atoms with van der Waals surface area (Å²) < 4.78 is 5.55. The van der Waals surface area contributed by atoms with Crippen molar-refractivity contribution in [1.82, 2.24) is 5.32 Å². The lowest BCUT2D eigenvalue weighted by Gasteiger charge is -2.15. The third kappa shape index (κ3) is 4.36. The van der Waals surface area contributed by atoms with Gasteiger partial charge in [-0.25, -0.2) is 0 Å². The summed E-state index contributed by atoms with van der Waals surface area (Å²) in [5, 5.41) is 13.5. The molecule has 0 heterocycles. The van der Waals surface area contributed by atoms with E-state index >= 15 is 0 Å². The highest BCUT2D eigenvalue weighted by Gasteiger charge is 2.12. The Morgan fingerprint density at radius 1 is 1.41 bits per heavy atom. The molecular weight excluding hydrogens is 261 g/mol. The Balaban J connectivity index is 2.87. The number of hydrogen-bond donors (Lipinski definition) is 2. The van der Waals surface area contributed by atoms with Gasteiger partial charge in [0.15, 0.2) is 0 Å². The highest BCUT2D eigenvalue weighted by atomic mass is 35.5. The van der Waals surface area contributed by atoms with Gasteiger partial charge in [0.2, 0.25) is 0 Å². The number of halogens is 2. The first-order chi connectivity index (χ1) is 8.08. The van der Waals surface area contributed by atoms with Crippen molar-refractivity contribution < 1.29 is 9.84 Å². The van der Waals surface area contributed by atoms with Crippen molar-refractivity contribution in [3.8, 4) is 5.75 Å². The fraction of sp³-hybridized carbons (Fsp3) is 0.500. The number of ether oxygens (including phenoxy) is 1. The lowest BCUT2D eigenvalue weighted by molar-refractivity contribution is 0.104.